The van der Waals surface area contributed by atoms with Gasteiger partial charge in [0.2, 0.25) is 0 Å². The maximum Gasteiger partial charge on any atom is 0.433 e. The number of hydrogen-bond donors (Lipinski definition) is 2. The fraction of sp³-hybridized carbons (Fsp3) is 0.308. The van der Waals surface area contributed by atoms with E-state index in [-0.39, 0.29) is 17.9 Å². The van der Waals surface area contributed by atoms with Crippen LogP contribution < -0.4 is 5.32 Å². The highest BCUT2D eigenvalue weighted by atomic mass is 19.4. The second-order valence-corrected chi connectivity index (χ2v) is 4.55. The molecule has 2 rings (SSSR count). The predicted molar refractivity (Wildman–Crippen MR) is 70.6 cm³/mol. The number of nitriles is 1. The largest absolute Gasteiger partial charge is 0.433 e. The molecule has 0 fully saturated rings. The minimum absolute atomic E-state index is 0.0358. The van der Waals surface area contributed by atoms with Crippen LogP contribution in [0.15, 0.2) is 24.5 Å². The Hall–Kier alpha value is -2.60. The van der Waals surface area contributed by atoms with Crippen molar-refractivity contribution in [2.24, 2.45) is 7.05 Å². The highest BCUT2D eigenvalue weighted by molar-refractivity contribution is 5.52. The number of rotatable bonds is 4. The first-order valence-electron chi connectivity index (χ1n) is 6.20. The lowest BCUT2D eigenvalue weighted by Crippen LogP contribution is -2.16. The molecule has 2 heterocycles. The summed E-state index contributed by atoms with van der Waals surface area (Å²) in [6, 6.07) is 3.53. The van der Waals surface area contributed by atoms with Crippen molar-refractivity contribution in [2.45, 2.75) is 12.3 Å². The SMILES string of the molecule is Cn1cc(C(O)CNc2nc(C(F)(F)F)ccc2C#N)cn1. The summed E-state index contributed by atoms with van der Waals surface area (Å²) in [7, 11) is 1.67. The predicted octanol–water partition coefficient (Wildman–Crippen LogP) is 1.85. The van der Waals surface area contributed by atoms with Crippen molar-refractivity contribution < 1.29 is 18.3 Å². The molecule has 0 bridgehead atoms. The Bertz CT molecular complexity index is 704. The number of aliphatic hydroxyl groups excluding tert-OH is 1. The number of pyridine rings is 1. The van der Waals surface area contributed by atoms with Gasteiger partial charge in [-0.1, -0.05) is 0 Å². The lowest BCUT2D eigenvalue weighted by Gasteiger charge is -2.13. The van der Waals surface area contributed by atoms with Gasteiger partial charge in [0.15, 0.2) is 0 Å². The zero-order valence-electron chi connectivity index (χ0n) is 11.5. The van der Waals surface area contributed by atoms with Gasteiger partial charge in [-0.3, -0.25) is 4.68 Å². The summed E-state index contributed by atoms with van der Waals surface area (Å²) in [6.07, 6.45) is -2.57. The van der Waals surface area contributed by atoms with Crippen LogP contribution in [0.3, 0.4) is 0 Å². The van der Waals surface area contributed by atoms with Crippen molar-refractivity contribution in [3.63, 3.8) is 0 Å². The Balaban J connectivity index is 2.16. The molecule has 0 spiro atoms. The van der Waals surface area contributed by atoms with E-state index in [2.05, 4.69) is 15.4 Å². The second-order valence-electron chi connectivity index (χ2n) is 4.55. The van der Waals surface area contributed by atoms with E-state index >= 15 is 0 Å². The monoisotopic (exact) mass is 311 g/mol. The first kappa shape index (κ1) is 15.8. The van der Waals surface area contributed by atoms with Gasteiger partial charge < -0.3 is 10.4 Å². The standard InChI is InChI=1S/C13H12F3N5O/c1-21-7-9(5-19-21)10(22)6-18-12-8(4-17)2-3-11(20-12)13(14,15)16/h2-3,5,7,10,22H,6H2,1H3,(H,18,20). The average Bonchev–Trinajstić information content (AvgIpc) is 2.90. The zero-order valence-corrected chi connectivity index (χ0v) is 11.5. The molecule has 2 aromatic rings. The number of alkyl halides is 3. The lowest BCUT2D eigenvalue weighted by molar-refractivity contribution is -0.141. The smallest absolute Gasteiger partial charge is 0.386 e. The molecule has 9 heteroatoms. The molecular weight excluding hydrogens is 299 g/mol. The van der Waals surface area contributed by atoms with Gasteiger partial charge in [-0.2, -0.15) is 23.5 Å². The number of aryl methyl sites for hydroxylation is 1. The van der Waals surface area contributed by atoms with Crippen LogP contribution in [-0.2, 0) is 13.2 Å². The van der Waals surface area contributed by atoms with Crippen molar-refractivity contribution in [3.8, 4) is 6.07 Å². The number of nitrogens with one attached hydrogen (secondary N) is 1. The Morgan fingerprint density at radius 3 is 2.73 bits per heavy atom. The Morgan fingerprint density at radius 1 is 1.45 bits per heavy atom. The zero-order chi connectivity index (χ0) is 16.3. The topological polar surface area (TPSA) is 86.8 Å². The summed E-state index contributed by atoms with van der Waals surface area (Å²) in [5.41, 5.74) is -0.642. The van der Waals surface area contributed by atoms with Crippen molar-refractivity contribution in [1.82, 2.24) is 14.8 Å². The van der Waals surface area contributed by atoms with Crippen LogP contribution in [0.4, 0.5) is 19.0 Å². The molecule has 6 nitrogen and oxygen atoms in total. The maximum atomic E-state index is 12.6. The minimum Gasteiger partial charge on any atom is -0.386 e. The van der Waals surface area contributed by atoms with Crippen LogP contribution >= 0.6 is 0 Å². The van der Waals surface area contributed by atoms with E-state index in [0.29, 0.717) is 5.56 Å². The number of aromatic nitrogens is 3. The fourth-order valence-corrected chi connectivity index (χ4v) is 1.77. The van der Waals surface area contributed by atoms with Crippen LogP contribution in [0.5, 0.6) is 0 Å². The highest BCUT2D eigenvalue weighted by Gasteiger charge is 2.33. The minimum atomic E-state index is -4.60. The van der Waals surface area contributed by atoms with Crippen molar-refractivity contribution in [3.05, 3.63) is 41.3 Å². The van der Waals surface area contributed by atoms with E-state index < -0.39 is 18.0 Å². The molecule has 0 aliphatic heterocycles. The summed E-state index contributed by atoms with van der Waals surface area (Å²) < 4.78 is 39.4. The summed E-state index contributed by atoms with van der Waals surface area (Å²) >= 11 is 0. The van der Waals surface area contributed by atoms with Gasteiger partial charge in [-0.05, 0) is 12.1 Å². The summed E-state index contributed by atoms with van der Waals surface area (Å²) in [4.78, 5) is 3.40. The number of anilines is 1. The van der Waals surface area contributed by atoms with E-state index in [1.165, 1.54) is 10.9 Å². The van der Waals surface area contributed by atoms with E-state index in [0.717, 1.165) is 12.1 Å². The molecule has 1 unspecified atom stereocenters. The van der Waals surface area contributed by atoms with E-state index in [1.54, 1.807) is 19.3 Å². The summed E-state index contributed by atoms with van der Waals surface area (Å²) in [5, 5.41) is 25.3. The summed E-state index contributed by atoms with van der Waals surface area (Å²) in [6.45, 7) is -0.102. The van der Waals surface area contributed by atoms with E-state index in [1.807, 2.05) is 0 Å². The van der Waals surface area contributed by atoms with Crippen molar-refractivity contribution in [1.29, 1.82) is 5.26 Å². The number of halogens is 3. The quantitative estimate of drug-likeness (QED) is 0.900. The second kappa shape index (κ2) is 6.03. The molecule has 0 aliphatic carbocycles. The van der Waals surface area contributed by atoms with Crippen LogP contribution in [0.25, 0.3) is 0 Å². The molecule has 0 saturated carbocycles. The van der Waals surface area contributed by atoms with Gasteiger partial charge in [0.1, 0.15) is 17.6 Å². The van der Waals surface area contributed by atoms with Crippen LogP contribution in [0.1, 0.15) is 22.9 Å². The first-order chi connectivity index (χ1) is 10.3. The van der Waals surface area contributed by atoms with Crippen LogP contribution in [-0.4, -0.2) is 26.4 Å². The Morgan fingerprint density at radius 2 is 2.18 bits per heavy atom. The highest BCUT2D eigenvalue weighted by Crippen LogP contribution is 2.29. The molecule has 0 radical (unpaired) electrons. The molecule has 1 atom stereocenters. The summed E-state index contributed by atoms with van der Waals surface area (Å²) in [5.74, 6) is -0.222. The number of nitrogens with zero attached hydrogens (tertiary/aromatic N) is 4. The van der Waals surface area contributed by atoms with Crippen molar-refractivity contribution in [2.75, 3.05) is 11.9 Å². The Kier molecular flexibility index (Phi) is 4.32. The van der Waals surface area contributed by atoms with Gasteiger partial charge in [0, 0.05) is 25.4 Å². The lowest BCUT2D eigenvalue weighted by atomic mass is 10.2. The molecule has 0 amide bonds. The van der Waals surface area contributed by atoms with E-state index in [9.17, 15) is 18.3 Å². The normalized spacial score (nSPS) is 12.7. The van der Waals surface area contributed by atoms with Gasteiger partial charge >= 0.3 is 6.18 Å². The molecule has 22 heavy (non-hydrogen) atoms. The molecule has 0 aromatic carbocycles. The fourth-order valence-electron chi connectivity index (χ4n) is 1.77. The molecule has 0 saturated heterocycles. The molecule has 0 aliphatic rings. The molecule has 116 valence electrons. The molecule has 2 N–H and O–H groups in total. The third-order valence-electron chi connectivity index (χ3n) is 2.88. The van der Waals surface area contributed by atoms with Crippen LogP contribution in [0.2, 0.25) is 0 Å². The van der Waals surface area contributed by atoms with Crippen LogP contribution in [0, 0.1) is 11.3 Å². The van der Waals surface area contributed by atoms with Gasteiger partial charge in [0.25, 0.3) is 0 Å². The molecular formula is C13H12F3N5O. The maximum absolute atomic E-state index is 12.6. The first-order valence-corrected chi connectivity index (χ1v) is 6.20. The van der Waals surface area contributed by atoms with Gasteiger partial charge in [-0.25, -0.2) is 4.98 Å². The third-order valence-corrected chi connectivity index (χ3v) is 2.88. The van der Waals surface area contributed by atoms with Gasteiger partial charge in [0.05, 0.1) is 17.9 Å². The third kappa shape index (κ3) is 3.53. The average molecular weight is 311 g/mol. The van der Waals surface area contributed by atoms with Crippen molar-refractivity contribution >= 4 is 5.82 Å². The van der Waals surface area contributed by atoms with Gasteiger partial charge in [-0.15, -0.1) is 0 Å². The Labute approximate surface area is 123 Å². The number of aliphatic hydroxyl groups is 1. The molecule has 2 aromatic heterocycles. The van der Waals surface area contributed by atoms with E-state index in [4.69, 9.17) is 5.26 Å². The number of hydrogen-bond acceptors (Lipinski definition) is 5.